The fourth-order valence-corrected chi connectivity index (χ4v) is 2.98. The van der Waals surface area contributed by atoms with Crippen molar-refractivity contribution in [3.8, 4) is 0 Å². The van der Waals surface area contributed by atoms with Crippen LogP contribution >= 0.6 is 0 Å². The molecule has 0 aliphatic heterocycles. The average Bonchev–Trinajstić information content (AvgIpc) is 2.71. The molecule has 0 atom stereocenters. The number of aromatic nitrogens is 1. The quantitative estimate of drug-likeness (QED) is 0.776. The van der Waals surface area contributed by atoms with E-state index >= 15 is 0 Å². The lowest BCUT2D eigenvalue weighted by atomic mass is 10.1. The van der Waals surface area contributed by atoms with E-state index in [9.17, 15) is 18.3 Å². The van der Waals surface area contributed by atoms with Gasteiger partial charge in [-0.25, -0.2) is 13.2 Å². The standard InChI is InChI=1S/C14H12N2O4S/c1-21(19,20)15-9-6-7-12-13(14(17)18)10-4-2-3-5-11(10)16(12)8-9/h2-8,15H,1H3,(H,17,18). The Hall–Kier alpha value is -2.54. The van der Waals surface area contributed by atoms with E-state index in [4.69, 9.17) is 0 Å². The van der Waals surface area contributed by atoms with E-state index < -0.39 is 16.0 Å². The van der Waals surface area contributed by atoms with Crippen LogP contribution < -0.4 is 4.72 Å². The zero-order chi connectivity index (χ0) is 15.2. The minimum Gasteiger partial charge on any atom is -0.478 e. The van der Waals surface area contributed by atoms with E-state index in [0.717, 1.165) is 6.26 Å². The molecule has 0 unspecified atom stereocenters. The van der Waals surface area contributed by atoms with E-state index in [-0.39, 0.29) is 5.56 Å². The largest absolute Gasteiger partial charge is 0.478 e. The number of hydrogen-bond acceptors (Lipinski definition) is 3. The van der Waals surface area contributed by atoms with E-state index in [1.54, 1.807) is 47.0 Å². The number of fused-ring (bicyclic) bond motifs is 3. The second-order valence-electron chi connectivity index (χ2n) is 4.74. The van der Waals surface area contributed by atoms with Crippen LogP contribution in [0.4, 0.5) is 5.69 Å². The van der Waals surface area contributed by atoms with E-state index in [1.807, 2.05) is 0 Å². The van der Waals surface area contributed by atoms with Crippen molar-refractivity contribution in [1.82, 2.24) is 4.40 Å². The van der Waals surface area contributed by atoms with Crippen LogP contribution in [0.1, 0.15) is 10.4 Å². The van der Waals surface area contributed by atoms with Crippen molar-refractivity contribution in [3.63, 3.8) is 0 Å². The number of para-hydroxylation sites is 1. The number of nitrogens with one attached hydrogen (secondary N) is 1. The fraction of sp³-hybridized carbons (Fsp3) is 0.0714. The Kier molecular flexibility index (Phi) is 2.87. The van der Waals surface area contributed by atoms with Crippen molar-refractivity contribution in [3.05, 3.63) is 48.2 Å². The Balaban J connectivity index is 2.36. The predicted octanol–water partition coefficient (Wildman–Crippen LogP) is 2.16. The Labute approximate surface area is 120 Å². The molecule has 2 N–H and O–H groups in total. The van der Waals surface area contributed by atoms with Crippen molar-refractivity contribution in [2.45, 2.75) is 0 Å². The fourth-order valence-electron chi connectivity index (χ4n) is 2.44. The number of nitrogens with zero attached hydrogens (tertiary/aromatic N) is 1. The summed E-state index contributed by atoms with van der Waals surface area (Å²) < 4.78 is 26.7. The second-order valence-corrected chi connectivity index (χ2v) is 6.49. The molecule has 7 heteroatoms. The van der Waals surface area contributed by atoms with Crippen LogP contribution in [0.2, 0.25) is 0 Å². The molecule has 0 fully saturated rings. The van der Waals surface area contributed by atoms with Crippen LogP contribution in [0.15, 0.2) is 42.6 Å². The average molecular weight is 304 g/mol. The van der Waals surface area contributed by atoms with Crippen LogP contribution in [0.25, 0.3) is 16.4 Å². The summed E-state index contributed by atoms with van der Waals surface area (Å²) in [5, 5.41) is 10.0. The number of carbonyl (C=O) groups is 1. The Morgan fingerprint density at radius 2 is 1.86 bits per heavy atom. The maximum absolute atomic E-state index is 11.5. The second kappa shape index (κ2) is 4.49. The van der Waals surface area contributed by atoms with Crippen LogP contribution in [0.3, 0.4) is 0 Å². The number of carboxylic acid groups (broad SMARTS) is 1. The minimum absolute atomic E-state index is 0.205. The van der Waals surface area contributed by atoms with Gasteiger partial charge in [-0.2, -0.15) is 0 Å². The molecule has 0 aliphatic carbocycles. The summed E-state index contributed by atoms with van der Waals surface area (Å²) in [6.45, 7) is 0. The first-order chi connectivity index (χ1) is 9.87. The molecule has 2 aromatic heterocycles. The molecule has 0 amide bonds. The molecule has 1 aromatic carbocycles. The van der Waals surface area contributed by atoms with Gasteiger partial charge in [0.2, 0.25) is 10.0 Å². The zero-order valence-electron chi connectivity index (χ0n) is 11.1. The number of sulfonamides is 1. The van der Waals surface area contributed by atoms with Gasteiger partial charge in [-0.1, -0.05) is 18.2 Å². The van der Waals surface area contributed by atoms with Crippen molar-refractivity contribution >= 4 is 38.1 Å². The van der Waals surface area contributed by atoms with Gasteiger partial charge < -0.3 is 9.51 Å². The van der Waals surface area contributed by atoms with Gasteiger partial charge in [0.25, 0.3) is 0 Å². The zero-order valence-corrected chi connectivity index (χ0v) is 11.9. The summed E-state index contributed by atoms with van der Waals surface area (Å²) >= 11 is 0. The van der Waals surface area contributed by atoms with Gasteiger partial charge in [0.15, 0.2) is 0 Å². The SMILES string of the molecule is CS(=O)(=O)Nc1ccc2c(C(=O)O)c3ccccc3n2c1. The highest BCUT2D eigenvalue weighted by molar-refractivity contribution is 7.92. The number of aromatic carboxylic acids is 1. The number of anilines is 1. The van der Waals surface area contributed by atoms with Gasteiger partial charge in [-0.3, -0.25) is 4.72 Å². The van der Waals surface area contributed by atoms with Crippen LogP contribution in [-0.2, 0) is 10.0 Å². The van der Waals surface area contributed by atoms with Gasteiger partial charge in [-0.05, 0) is 18.2 Å². The first-order valence-corrected chi connectivity index (χ1v) is 8.00. The summed E-state index contributed by atoms with van der Waals surface area (Å²) in [6, 6.07) is 10.2. The van der Waals surface area contributed by atoms with Crippen molar-refractivity contribution in [2.75, 3.05) is 11.0 Å². The highest BCUT2D eigenvalue weighted by Gasteiger charge is 2.17. The molecular formula is C14H12N2O4S. The molecule has 0 spiro atoms. The monoisotopic (exact) mass is 304 g/mol. The maximum atomic E-state index is 11.5. The number of benzene rings is 1. The van der Waals surface area contributed by atoms with Gasteiger partial charge >= 0.3 is 5.97 Å². The number of carboxylic acids is 1. The molecule has 0 saturated carbocycles. The molecule has 6 nitrogen and oxygen atoms in total. The molecule has 0 aliphatic rings. The van der Waals surface area contributed by atoms with Gasteiger partial charge in [0.1, 0.15) is 0 Å². The molecule has 0 bridgehead atoms. The molecule has 108 valence electrons. The third kappa shape index (κ3) is 2.31. The maximum Gasteiger partial charge on any atom is 0.338 e. The highest BCUT2D eigenvalue weighted by Crippen LogP contribution is 2.28. The predicted molar refractivity (Wildman–Crippen MR) is 80.3 cm³/mol. The summed E-state index contributed by atoms with van der Waals surface area (Å²) in [7, 11) is -3.39. The van der Waals surface area contributed by atoms with E-state index in [1.165, 1.54) is 0 Å². The third-order valence-corrected chi connectivity index (χ3v) is 3.76. The van der Waals surface area contributed by atoms with Gasteiger partial charge in [-0.15, -0.1) is 0 Å². The lowest BCUT2D eigenvalue weighted by Crippen LogP contribution is -2.10. The van der Waals surface area contributed by atoms with Crippen molar-refractivity contribution in [2.24, 2.45) is 0 Å². The molecule has 0 radical (unpaired) electrons. The molecular weight excluding hydrogens is 292 g/mol. The molecule has 3 rings (SSSR count). The molecule has 2 heterocycles. The first-order valence-electron chi connectivity index (χ1n) is 6.11. The topological polar surface area (TPSA) is 87.9 Å². The Bertz CT molecular complexity index is 973. The Morgan fingerprint density at radius 1 is 1.14 bits per heavy atom. The summed E-state index contributed by atoms with van der Waals surface area (Å²) in [6.07, 6.45) is 2.64. The molecule has 3 aromatic rings. The summed E-state index contributed by atoms with van der Waals surface area (Å²) in [5.74, 6) is -1.02. The molecule has 0 saturated heterocycles. The number of pyridine rings is 1. The number of rotatable bonds is 3. The smallest absolute Gasteiger partial charge is 0.338 e. The van der Waals surface area contributed by atoms with Crippen molar-refractivity contribution in [1.29, 1.82) is 0 Å². The molecule has 21 heavy (non-hydrogen) atoms. The van der Waals surface area contributed by atoms with Crippen molar-refractivity contribution < 1.29 is 18.3 Å². The summed E-state index contributed by atoms with van der Waals surface area (Å²) in [5.41, 5.74) is 1.81. The van der Waals surface area contributed by atoms with Crippen LogP contribution in [0.5, 0.6) is 0 Å². The van der Waals surface area contributed by atoms with E-state index in [2.05, 4.69) is 4.72 Å². The summed E-state index contributed by atoms with van der Waals surface area (Å²) in [4.78, 5) is 11.5. The lowest BCUT2D eigenvalue weighted by molar-refractivity contribution is 0.0701. The third-order valence-electron chi connectivity index (χ3n) is 3.15. The number of hydrogen-bond donors (Lipinski definition) is 2. The van der Waals surface area contributed by atoms with Crippen LogP contribution in [0, 0.1) is 0 Å². The van der Waals surface area contributed by atoms with Crippen LogP contribution in [-0.4, -0.2) is 30.2 Å². The Morgan fingerprint density at radius 3 is 2.52 bits per heavy atom. The van der Waals surface area contributed by atoms with Gasteiger partial charge in [0.05, 0.1) is 28.5 Å². The normalized spacial score (nSPS) is 11.9. The van der Waals surface area contributed by atoms with Gasteiger partial charge in [0, 0.05) is 11.6 Å². The lowest BCUT2D eigenvalue weighted by Gasteiger charge is -2.05. The minimum atomic E-state index is -3.39. The van der Waals surface area contributed by atoms with E-state index in [0.29, 0.717) is 22.1 Å². The first kappa shape index (κ1) is 13.4. The highest BCUT2D eigenvalue weighted by atomic mass is 32.2.